The summed E-state index contributed by atoms with van der Waals surface area (Å²) in [5.74, 6) is 1.08. The summed E-state index contributed by atoms with van der Waals surface area (Å²) in [5.41, 5.74) is 0. The number of hydrogen-bond acceptors (Lipinski definition) is 4. The molecule has 0 radical (unpaired) electrons. The van der Waals surface area contributed by atoms with E-state index >= 15 is 0 Å². The maximum absolute atomic E-state index is 12.2. The van der Waals surface area contributed by atoms with Gasteiger partial charge in [-0.15, -0.1) is 0 Å². The zero-order chi connectivity index (χ0) is 15.1. The molecule has 0 aromatic carbocycles. The Hall–Kier alpha value is -1.43. The minimum absolute atomic E-state index is 0.293. The Kier molecular flexibility index (Phi) is 6.17. The first kappa shape index (κ1) is 15.9. The van der Waals surface area contributed by atoms with E-state index in [9.17, 15) is 4.79 Å². The Morgan fingerprint density at radius 3 is 2.71 bits per heavy atom. The van der Waals surface area contributed by atoms with E-state index in [1.54, 1.807) is 11.0 Å². The van der Waals surface area contributed by atoms with Crippen LogP contribution in [0.3, 0.4) is 0 Å². The Bertz CT molecular complexity index is 410. The molecule has 1 aromatic rings. The van der Waals surface area contributed by atoms with Crippen molar-refractivity contribution in [1.29, 1.82) is 0 Å². The quantitative estimate of drug-likeness (QED) is 0.759. The van der Waals surface area contributed by atoms with Gasteiger partial charge in [-0.2, -0.15) is 5.10 Å². The molecule has 118 valence electrons. The molecule has 6 heteroatoms. The second-order valence-corrected chi connectivity index (χ2v) is 6.18. The highest BCUT2D eigenvalue weighted by Gasteiger charge is 2.22. The molecule has 1 aromatic heterocycles. The summed E-state index contributed by atoms with van der Waals surface area (Å²) in [4.78, 5) is 20.3. The Labute approximate surface area is 127 Å². The third-order valence-electron chi connectivity index (χ3n) is 4.20. The largest absolute Gasteiger partial charge is 0.343 e. The van der Waals surface area contributed by atoms with Gasteiger partial charge in [0.2, 0.25) is 5.91 Å². The predicted molar refractivity (Wildman–Crippen MR) is 81.7 cm³/mol. The molecule has 0 unspecified atom stereocenters. The summed E-state index contributed by atoms with van der Waals surface area (Å²) in [5, 5.41) is 4.05. The van der Waals surface area contributed by atoms with Crippen LogP contribution in [0.5, 0.6) is 0 Å². The SMILES string of the molecule is CN(C)CCC1CCN(C(=O)CCCn2cncn2)CC1. The Morgan fingerprint density at radius 2 is 2.10 bits per heavy atom. The van der Waals surface area contributed by atoms with Gasteiger partial charge in [0, 0.05) is 26.1 Å². The molecular weight excluding hydrogens is 266 g/mol. The molecule has 1 amide bonds. The molecule has 1 aliphatic heterocycles. The van der Waals surface area contributed by atoms with Gasteiger partial charge in [0.15, 0.2) is 0 Å². The van der Waals surface area contributed by atoms with Crippen LogP contribution in [0.2, 0.25) is 0 Å². The lowest BCUT2D eigenvalue weighted by Crippen LogP contribution is -2.39. The molecule has 1 fully saturated rings. The van der Waals surface area contributed by atoms with Crippen LogP contribution in [-0.4, -0.2) is 64.2 Å². The minimum atomic E-state index is 0.293. The second-order valence-electron chi connectivity index (χ2n) is 6.18. The fourth-order valence-corrected chi connectivity index (χ4v) is 2.81. The summed E-state index contributed by atoms with van der Waals surface area (Å²) in [6.45, 7) is 3.78. The van der Waals surface area contributed by atoms with Crippen molar-refractivity contribution in [3.05, 3.63) is 12.7 Å². The molecule has 1 saturated heterocycles. The number of rotatable bonds is 7. The van der Waals surface area contributed by atoms with Crippen molar-refractivity contribution in [2.75, 3.05) is 33.7 Å². The summed E-state index contributed by atoms with van der Waals surface area (Å²) in [6, 6.07) is 0. The highest BCUT2D eigenvalue weighted by Crippen LogP contribution is 2.21. The fourth-order valence-electron chi connectivity index (χ4n) is 2.81. The molecule has 0 aliphatic carbocycles. The van der Waals surface area contributed by atoms with E-state index in [-0.39, 0.29) is 0 Å². The number of nitrogens with zero attached hydrogens (tertiary/aromatic N) is 5. The van der Waals surface area contributed by atoms with Crippen molar-refractivity contribution in [3.63, 3.8) is 0 Å². The van der Waals surface area contributed by atoms with Gasteiger partial charge in [-0.1, -0.05) is 0 Å². The third kappa shape index (κ3) is 5.46. The van der Waals surface area contributed by atoms with Gasteiger partial charge < -0.3 is 9.80 Å². The van der Waals surface area contributed by atoms with Gasteiger partial charge in [-0.25, -0.2) is 4.98 Å². The summed E-state index contributed by atoms with van der Waals surface area (Å²) < 4.78 is 1.78. The lowest BCUT2D eigenvalue weighted by Gasteiger charge is -2.32. The lowest BCUT2D eigenvalue weighted by molar-refractivity contribution is -0.132. The zero-order valence-corrected chi connectivity index (χ0v) is 13.2. The smallest absolute Gasteiger partial charge is 0.222 e. The monoisotopic (exact) mass is 293 g/mol. The average Bonchev–Trinajstić information content (AvgIpc) is 2.99. The summed E-state index contributed by atoms with van der Waals surface area (Å²) in [7, 11) is 4.24. The van der Waals surface area contributed by atoms with E-state index in [1.807, 2.05) is 4.90 Å². The van der Waals surface area contributed by atoms with Gasteiger partial charge in [-0.05, 0) is 52.2 Å². The number of carbonyl (C=O) groups is 1. The van der Waals surface area contributed by atoms with Gasteiger partial charge >= 0.3 is 0 Å². The van der Waals surface area contributed by atoms with Gasteiger partial charge in [0.1, 0.15) is 12.7 Å². The standard InChI is InChI=1S/C15H27N5O/c1-18(2)9-5-14-6-10-19(11-7-14)15(21)4-3-8-20-13-16-12-17-20/h12-14H,3-11H2,1-2H3. The van der Waals surface area contributed by atoms with Crippen LogP contribution in [-0.2, 0) is 11.3 Å². The molecular formula is C15H27N5O. The van der Waals surface area contributed by atoms with Gasteiger partial charge in [0.05, 0.1) is 0 Å². The number of aromatic nitrogens is 3. The first-order chi connectivity index (χ1) is 10.1. The zero-order valence-electron chi connectivity index (χ0n) is 13.2. The lowest BCUT2D eigenvalue weighted by atomic mass is 9.93. The van der Waals surface area contributed by atoms with E-state index in [0.29, 0.717) is 12.3 Å². The van der Waals surface area contributed by atoms with E-state index in [4.69, 9.17) is 0 Å². The number of likely N-dealkylation sites (tertiary alicyclic amines) is 1. The van der Waals surface area contributed by atoms with E-state index in [1.165, 1.54) is 12.7 Å². The normalized spacial score (nSPS) is 16.6. The number of amides is 1. The van der Waals surface area contributed by atoms with Gasteiger partial charge in [-0.3, -0.25) is 9.48 Å². The molecule has 1 aliphatic rings. The van der Waals surface area contributed by atoms with Crippen LogP contribution in [0.4, 0.5) is 0 Å². The van der Waals surface area contributed by atoms with Crippen LogP contribution in [0.25, 0.3) is 0 Å². The number of carbonyl (C=O) groups excluding carboxylic acids is 1. The van der Waals surface area contributed by atoms with Crippen LogP contribution in [0, 0.1) is 5.92 Å². The van der Waals surface area contributed by atoms with Crippen LogP contribution >= 0.6 is 0 Å². The van der Waals surface area contributed by atoms with Crippen LogP contribution < -0.4 is 0 Å². The van der Waals surface area contributed by atoms with Crippen molar-refractivity contribution in [2.24, 2.45) is 5.92 Å². The molecule has 2 heterocycles. The summed E-state index contributed by atoms with van der Waals surface area (Å²) >= 11 is 0. The highest BCUT2D eigenvalue weighted by molar-refractivity contribution is 5.76. The van der Waals surface area contributed by atoms with Crippen molar-refractivity contribution in [2.45, 2.75) is 38.6 Å². The Morgan fingerprint density at radius 1 is 1.33 bits per heavy atom. The maximum atomic E-state index is 12.2. The molecule has 6 nitrogen and oxygen atoms in total. The fraction of sp³-hybridized carbons (Fsp3) is 0.800. The topological polar surface area (TPSA) is 54.3 Å². The number of aryl methyl sites for hydroxylation is 1. The number of piperidine rings is 1. The van der Waals surface area contributed by atoms with Crippen LogP contribution in [0.1, 0.15) is 32.1 Å². The molecule has 21 heavy (non-hydrogen) atoms. The third-order valence-corrected chi connectivity index (χ3v) is 4.20. The minimum Gasteiger partial charge on any atom is -0.343 e. The molecule has 0 saturated carbocycles. The van der Waals surface area contributed by atoms with E-state index in [0.717, 1.165) is 51.4 Å². The van der Waals surface area contributed by atoms with Crippen molar-refractivity contribution in [3.8, 4) is 0 Å². The van der Waals surface area contributed by atoms with E-state index in [2.05, 4.69) is 29.1 Å². The van der Waals surface area contributed by atoms with Crippen LogP contribution in [0.15, 0.2) is 12.7 Å². The first-order valence-electron chi connectivity index (χ1n) is 7.90. The summed E-state index contributed by atoms with van der Waals surface area (Å²) in [6.07, 6.45) is 8.23. The van der Waals surface area contributed by atoms with Crippen molar-refractivity contribution < 1.29 is 4.79 Å². The molecule has 0 bridgehead atoms. The van der Waals surface area contributed by atoms with Crippen molar-refractivity contribution in [1.82, 2.24) is 24.6 Å². The maximum Gasteiger partial charge on any atom is 0.222 e. The van der Waals surface area contributed by atoms with Crippen molar-refractivity contribution >= 4 is 5.91 Å². The molecule has 0 N–H and O–H groups in total. The number of hydrogen-bond donors (Lipinski definition) is 0. The molecule has 0 atom stereocenters. The first-order valence-corrected chi connectivity index (χ1v) is 7.90. The molecule has 2 rings (SSSR count). The molecule has 0 spiro atoms. The predicted octanol–water partition coefficient (Wildman–Crippen LogP) is 1.25. The van der Waals surface area contributed by atoms with Gasteiger partial charge in [0.25, 0.3) is 0 Å². The second kappa shape index (κ2) is 8.12. The Balaban J connectivity index is 1.61. The van der Waals surface area contributed by atoms with E-state index < -0.39 is 0 Å². The highest BCUT2D eigenvalue weighted by atomic mass is 16.2. The average molecular weight is 293 g/mol.